The molecule has 0 saturated carbocycles. The average molecular weight is 257 g/mol. The summed E-state index contributed by atoms with van der Waals surface area (Å²) in [5, 5.41) is 9.25. The summed E-state index contributed by atoms with van der Waals surface area (Å²) in [7, 11) is 0. The van der Waals surface area contributed by atoms with Crippen LogP contribution < -0.4 is 4.74 Å². The van der Waals surface area contributed by atoms with Crippen molar-refractivity contribution in [1.29, 1.82) is 0 Å². The van der Waals surface area contributed by atoms with Crippen molar-refractivity contribution in [2.45, 2.75) is 32.8 Å². The predicted molar refractivity (Wildman–Crippen MR) is 75.4 cm³/mol. The van der Waals surface area contributed by atoms with E-state index < -0.39 is 0 Å². The molecule has 0 spiro atoms. The van der Waals surface area contributed by atoms with E-state index in [1.54, 1.807) is 0 Å². The van der Waals surface area contributed by atoms with Gasteiger partial charge in [-0.1, -0.05) is 45.0 Å². The van der Waals surface area contributed by atoms with Gasteiger partial charge in [-0.2, -0.15) is 0 Å². The standard InChI is InChI=1S/C16H19NO2/c1-16(2,3)13-8-9-15(17-10-13)19-14-7-5-4-6-12(14)11-18/h4-10,18H,11H2,1-3H3. The maximum Gasteiger partial charge on any atom is 0.219 e. The van der Waals surface area contributed by atoms with Crippen LogP contribution in [0.2, 0.25) is 0 Å². The quantitative estimate of drug-likeness (QED) is 0.912. The summed E-state index contributed by atoms with van der Waals surface area (Å²) in [6, 6.07) is 11.3. The minimum absolute atomic E-state index is 0.0454. The number of ether oxygens (including phenoxy) is 1. The molecule has 1 aromatic heterocycles. The molecule has 2 rings (SSSR count). The first-order valence-corrected chi connectivity index (χ1v) is 6.34. The fourth-order valence-corrected chi connectivity index (χ4v) is 1.73. The third kappa shape index (κ3) is 3.32. The third-order valence-electron chi connectivity index (χ3n) is 2.96. The number of pyridine rings is 1. The molecule has 0 aliphatic carbocycles. The Morgan fingerprint density at radius 3 is 2.42 bits per heavy atom. The Morgan fingerprint density at radius 2 is 1.84 bits per heavy atom. The van der Waals surface area contributed by atoms with E-state index in [1.807, 2.05) is 42.6 Å². The Morgan fingerprint density at radius 1 is 1.11 bits per heavy atom. The summed E-state index contributed by atoms with van der Waals surface area (Å²) in [6.07, 6.45) is 1.83. The van der Waals surface area contributed by atoms with Crippen LogP contribution in [0.5, 0.6) is 11.6 Å². The third-order valence-corrected chi connectivity index (χ3v) is 2.96. The largest absolute Gasteiger partial charge is 0.439 e. The highest BCUT2D eigenvalue weighted by atomic mass is 16.5. The molecule has 2 aromatic rings. The van der Waals surface area contributed by atoms with Gasteiger partial charge in [0.05, 0.1) is 6.61 Å². The topological polar surface area (TPSA) is 42.4 Å². The van der Waals surface area contributed by atoms with Crippen LogP contribution in [0.4, 0.5) is 0 Å². The molecule has 1 heterocycles. The van der Waals surface area contributed by atoms with Gasteiger partial charge in [-0.15, -0.1) is 0 Å². The lowest BCUT2D eigenvalue weighted by Crippen LogP contribution is -2.11. The highest BCUT2D eigenvalue weighted by Gasteiger charge is 2.14. The van der Waals surface area contributed by atoms with Crippen LogP contribution in [0.25, 0.3) is 0 Å². The van der Waals surface area contributed by atoms with E-state index in [0.29, 0.717) is 11.6 Å². The van der Waals surface area contributed by atoms with Gasteiger partial charge < -0.3 is 9.84 Å². The van der Waals surface area contributed by atoms with Crippen LogP contribution in [0, 0.1) is 0 Å². The summed E-state index contributed by atoms with van der Waals surface area (Å²) >= 11 is 0. The molecule has 0 aliphatic rings. The first-order valence-electron chi connectivity index (χ1n) is 6.34. The Labute approximate surface area is 113 Å². The Balaban J connectivity index is 2.20. The monoisotopic (exact) mass is 257 g/mol. The van der Waals surface area contributed by atoms with Crippen LogP contribution in [-0.4, -0.2) is 10.1 Å². The molecule has 0 aliphatic heterocycles. The summed E-state index contributed by atoms with van der Waals surface area (Å²) in [5.41, 5.74) is 1.99. The molecule has 0 atom stereocenters. The number of rotatable bonds is 3. The van der Waals surface area contributed by atoms with Crippen molar-refractivity contribution in [2.24, 2.45) is 0 Å². The van der Waals surface area contributed by atoms with E-state index in [0.717, 1.165) is 11.1 Å². The number of aromatic nitrogens is 1. The zero-order valence-corrected chi connectivity index (χ0v) is 11.6. The second-order valence-corrected chi connectivity index (χ2v) is 5.50. The highest BCUT2D eigenvalue weighted by molar-refractivity contribution is 5.36. The van der Waals surface area contributed by atoms with Crippen LogP contribution in [0.3, 0.4) is 0 Å². The van der Waals surface area contributed by atoms with Crippen LogP contribution in [0.1, 0.15) is 31.9 Å². The molecule has 0 bridgehead atoms. The Hall–Kier alpha value is -1.87. The maximum absolute atomic E-state index is 9.25. The van der Waals surface area contributed by atoms with Gasteiger partial charge in [-0.3, -0.25) is 0 Å². The van der Waals surface area contributed by atoms with Gasteiger partial charge in [0.2, 0.25) is 5.88 Å². The second-order valence-electron chi connectivity index (χ2n) is 5.50. The summed E-state index contributed by atoms with van der Waals surface area (Å²) in [4.78, 5) is 4.31. The Bertz CT molecular complexity index is 541. The van der Waals surface area contributed by atoms with Crippen LogP contribution in [0.15, 0.2) is 42.6 Å². The second kappa shape index (κ2) is 5.41. The molecule has 0 amide bonds. The van der Waals surface area contributed by atoms with E-state index in [9.17, 15) is 5.11 Å². The van der Waals surface area contributed by atoms with Crippen molar-refractivity contribution in [3.05, 3.63) is 53.7 Å². The molecule has 1 N–H and O–H groups in total. The van der Waals surface area contributed by atoms with Gasteiger partial charge in [-0.25, -0.2) is 4.98 Å². The van der Waals surface area contributed by atoms with Crippen molar-refractivity contribution < 1.29 is 9.84 Å². The molecule has 0 saturated heterocycles. The summed E-state index contributed by atoms with van der Waals surface area (Å²) < 4.78 is 5.70. The number of para-hydroxylation sites is 1. The average Bonchev–Trinajstić information content (AvgIpc) is 2.39. The molecule has 0 radical (unpaired) electrons. The minimum atomic E-state index is -0.0454. The van der Waals surface area contributed by atoms with E-state index in [1.165, 1.54) is 0 Å². The van der Waals surface area contributed by atoms with Gasteiger partial charge in [0.1, 0.15) is 5.75 Å². The molecule has 0 unspecified atom stereocenters. The van der Waals surface area contributed by atoms with Crippen molar-refractivity contribution in [3.8, 4) is 11.6 Å². The van der Waals surface area contributed by atoms with Gasteiger partial charge in [0, 0.05) is 17.8 Å². The predicted octanol–water partition coefficient (Wildman–Crippen LogP) is 3.66. The van der Waals surface area contributed by atoms with Crippen LogP contribution >= 0.6 is 0 Å². The molecule has 100 valence electrons. The molecular weight excluding hydrogens is 238 g/mol. The van der Waals surface area contributed by atoms with Crippen molar-refractivity contribution >= 4 is 0 Å². The zero-order chi connectivity index (χ0) is 13.9. The number of aliphatic hydroxyl groups is 1. The first kappa shape index (κ1) is 13.6. The minimum Gasteiger partial charge on any atom is -0.439 e. The lowest BCUT2D eigenvalue weighted by Gasteiger charge is -2.18. The normalized spacial score (nSPS) is 11.4. The molecule has 19 heavy (non-hydrogen) atoms. The maximum atomic E-state index is 9.25. The SMILES string of the molecule is CC(C)(C)c1ccc(Oc2ccccc2CO)nc1. The number of hydrogen-bond acceptors (Lipinski definition) is 3. The van der Waals surface area contributed by atoms with E-state index >= 15 is 0 Å². The molecule has 1 aromatic carbocycles. The van der Waals surface area contributed by atoms with Crippen molar-refractivity contribution in [3.63, 3.8) is 0 Å². The van der Waals surface area contributed by atoms with Crippen LogP contribution in [-0.2, 0) is 12.0 Å². The number of aliphatic hydroxyl groups excluding tert-OH is 1. The smallest absolute Gasteiger partial charge is 0.219 e. The number of nitrogens with zero attached hydrogens (tertiary/aromatic N) is 1. The van der Waals surface area contributed by atoms with Gasteiger partial charge in [-0.05, 0) is 17.0 Å². The first-order chi connectivity index (χ1) is 9.00. The van der Waals surface area contributed by atoms with E-state index in [4.69, 9.17) is 4.74 Å². The fraction of sp³-hybridized carbons (Fsp3) is 0.312. The highest BCUT2D eigenvalue weighted by Crippen LogP contribution is 2.26. The van der Waals surface area contributed by atoms with E-state index in [2.05, 4.69) is 25.8 Å². The van der Waals surface area contributed by atoms with E-state index in [-0.39, 0.29) is 12.0 Å². The lowest BCUT2D eigenvalue weighted by atomic mass is 9.88. The summed E-state index contributed by atoms with van der Waals surface area (Å²) in [5.74, 6) is 1.18. The van der Waals surface area contributed by atoms with Gasteiger partial charge in [0.25, 0.3) is 0 Å². The molecule has 3 nitrogen and oxygen atoms in total. The van der Waals surface area contributed by atoms with Gasteiger partial charge in [0.15, 0.2) is 0 Å². The van der Waals surface area contributed by atoms with Crippen molar-refractivity contribution in [2.75, 3.05) is 0 Å². The molecule has 3 heteroatoms. The summed E-state index contributed by atoms with van der Waals surface area (Å²) in [6.45, 7) is 6.39. The molecular formula is C16H19NO2. The van der Waals surface area contributed by atoms with Crippen molar-refractivity contribution in [1.82, 2.24) is 4.98 Å². The lowest BCUT2D eigenvalue weighted by molar-refractivity contribution is 0.276. The van der Waals surface area contributed by atoms with Gasteiger partial charge >= 0.3 is 0 Å². The number of hydrogen-bond donors (Lipinski definition) is 1. The fourth-order valence-electron chi connectivity index (χ4n) is 1.73. The number of benzene rings is 1. The zero-order valence-electron chi connectivity index (χ0n) is 11.6. The molecule has 0 fully saturated rings. The Kier molecular flexibility index (Phi) is 3.86.